The molecule has 2 rings (SSSR count). The maximum Gasteiger partial charge on any atom is 0.191 e. The summed E-state index contributed by atoms with van der Waals surface area (Å²) in [5, 5.41) is 17.3. The summed E-state index contributed by atoms with van der Waals surface area (Å²) in [6, 6.07) is 7.89. The molecule has 0 spiro atoms. The Morgan fingerprint density at radius 2 is 2.11 bits per heavy atom. The van der Waals surface area contributed by atoms with E-state index in [9.17, 15) is 5.11 Å². The van der Waals surface area contributed by atoms with Crippen molar-refractivity contribution in [2.24, 2.45) is 4.99 Å². The molecule has 1 atom stereocenters. The first kappa shape index (κ1) is 22.5. The fourth-order valence-electron chi connectivity index (χ4n) is 3.38. The summed E-state index contributed by atoms with van der Waals surface area (Å²) in [6.07, 6.45) is 2.61. The highest BCUT2D eigenvalue weighted by molar-refractivity contribution is 5.80. The van der Waals surface area contributed by atoms with Crippen LogP contribution in [0.3, 0.4) is 0 Å². The Balaban J connectivity index is 1.83. The van der Waals surface area contributed by atoms with Gasteiger partial charge < -0.3 is 30.1 Å². The number of aliphatic imine (C=N–C) groups is 1. The molecule has 0 aromatic heterocycles. The number of piperidine rings is 1. The molecule has 1 heterocycles. The molecule has 3 N–H and O–H groups in total. The van der Waals surface area contributed by atoms with Gasteiger partial charge in [-0.25, -0.2) is 0 Å². The lowest BCUT2D eigenvalue weighted by Crippen LogP contribution is -2.49. The van der Waals surface area contributed by atoms with Gasteiger partial charge in [0.25, 0.3) is 0 Å². The molecule has 0 bridgehead atoms. The molecule has 7 nitrogen and oxygen atoms in total. The number of nitrogens with zero attached hydrogens (tertiary/aromatic N) is 2. The third-order valence-electron chi connectivity index (χ3n) is 5.00. The first-order chi connectivity index (χ1) is 13.7. The quantitative estimate of drug-likeness (QED) is 0.320. The van der Waals surface area contributed by atoms with Crippen molar-refractivity contribution in [2.45, 2.75) is 38.3 Å². The number of benzene rings is 1. The molecular weight excluding hydrogens is 356 g/mol. The summed E-state index contributed by atoms with van der Waals surface area (Å²) in [5.41, 5.74) is 0.809. The van der Waals surface area contributed by atoms with E-state index in [-0.39, 0.29) is 0 Å². The third kappa shape index (κ3) is 7.66. The van der Waals surface area contributed by atoms with Crippen molar-refractivity contribution in [3.8, 4) is 5.75 Å². The highest BCUT2D eigenvalue weighted by Gasteiger charge is 2.19. The lowest BCUT2D eigenvalue weighted by Gasteiger charge is -2.33. The van der Waals surface area contributed by atoms with Crippen LogP contribution in [0.5, 0.6) is 5.75 Å². The summed E-state index contributed by atoms with van der Waals surface area (Å²) in [5.74, 6) is 1.50. The van der Waals surface area contributed by atoms with Crippen LogP contribution in [-0.2, 0) is 4.74 Å². The zero-order valence-corrected chi connectivity index (χ0v) is 17.5. The molecule has 1 aromatic rings. The van der Waals surface area contributed by atoms with Crippen LogP contribution in [0.25, 0.3) is 0 Å². The van der Waals surface area contributed by atoms with Gasteiger partial charge in [0, 0.05) is 45.9 Å². The summed E-state index contributed by atoms with van der Waals surface area (Å²) in [6.45, 7) is 7.25. The Kier molecular flexibility index (Phi) is 10.1. The molecule has 1 unspecified atom stereocenters. The van der Waals surface area contributed by atoms with Gasteiger partial charge in [-0.1, -0.05) is 12.1 Å². The van der Waals surface area contributed by atoms with Gasteiger partial charge in [0.2, 0.25) is 0 Å². The standard InChI is InChI=1S/C21H36N4O3/c1-4-22-21(23-16-20(26)17-7-5-8-19(15-17)28-3)24-18-9-12-25(13-10-18)11-6-14-27-2/h5,7-8,15,18,20,26H,4,6,9-14,16H2,1-3H3,(H2,22,23,24). The Labute approximate surface area is 169 Å². The number of aliphatic hydroxyl groups is 1. The molecule has 0 radical (unpaired) electrons. The van der Waals surface area contributed by atoms with Crippen LogP contribution < -0.4 is 15.4 Å². The van der Waals surface area contributed by atoms with Gasteiger partial charge >= 0.3 is 0 Å². The molecule has 1 aromatic carbocycles. The van der Waals surface area contributed by atoms with Gasteiger partial charge in [-0.2, -0.15) is 0 Å². The zero-order valence-electron chi connectivity index (χ0n) is 17.5. The van der Waals surface area contributed by atoms with E-state index >= 15 is 0 Å². The van der Waals surface area contributed by atoms with Crippen LogP contribution in [0.15, 0.2) is 29.3 Å². The van der Waals surface area contributed by atoms with E-state index in [2.05, 4.69) is 20.5 Å². The van der Waals surface area contributed by atoms with E-state index < -0.39 is 6.10 Å². The van der Waals surface area contributed by atoms with Gasteiger partial charge in [0.1, 0.15) is 5.75 Å². The third-order valence-corrected chi connectivity index (χ3v) is 5.00. The fourth-order valence-corrected chi connectivity index (χ4v) is 3.38. The monoisotopic (exact) mass is 392 g/mol. The highest BCUT2D eigenvalue weighted by atomic mass is 16.5. The van der Waals surface area contributed by atoms with Gasteiger partial charge in [-0.15, -0.1) is 0 Å². The predicted octanol–water partition coefficient (Wildman–Crippen LogP) is 1.78. The number of rotatable bonds is 10. The number of nitrogens with one attached hydrogen (secondary N) is 2. The summed E-state index contributed by atoms with van der Waals surface area (Å²) >= 11 is 0. The van der Waals surface area contributed by atoms with E-state index in [0.717, 1.165) is 69.3 Å². The molecule has 1 saturated heterocycles. The lowest BCUT2D eigenvalue weighted by molar-refractivity contribution is 0.155. The fraction of sp³-hybridized carbons (Fsp3) is 0.667. The van der Waals surface area contributed by atoms with Gasteiger partial charge in [0.15, 0.2) is 5.96 Å². The van der Waals surface area contributed by atoms with Gasteiger partial charge in [-0.05, 0) is 43.9 Å². The van der Waals surface area contributed by atoms with Crippen LogP contribution in [0.4, 0.5) is 0 Å². The van der Waals surface area contributed by atoms with Crippen LogP contribution >= 0.6 is 0 Å². The SMILES string of the molecule is CCNC(=NCC(O)c1cccc(OC)c1)NC1CCN(CCCOC)CC1. The lowest BCUT2D eigenvalue weighted by atomic mass is 10.1. The second-order valence-electron chi connectivity index (χ2n) is 7.12. The topological polar surface area (TPSA) is 78.4 Å². The van der Waals surface area contributed by atoms with Crippen LogP contribution in [0.2, 0.25) is 0 Å². The molecular formula is C21H36N4O3. The second-order valence-corrected chi connectivity index (χ2v) is 7.12. The summed E-state index contributed by atoms with van der Waals surface area (Å²) in [7, 11) is 3.38. The van der Waals surface area contributed by atoms with Crippen molar-refractivity contribution in [3.63, 3.8) is 0 Å². The smallest absolute Gasteiger partial charge is 0.191 e. The Hall–Kier alpha value is -1.83. The second kappa shape index (κ2) is 12.6. The number of hydrogen-bond donors (Lipinski definition) is 3. The van der Waals surface area contributed by atoms with Crippen molar-refractivity contribution in [2.75, 3.05) is 53.6 Å². The largest absolute Gasteiger partial charge is 0.497 e. The summed E-state index contributed by atoms with van der Waals surface area (Å²) in [4.78, 5) is 7.09. The molecule has 7 heteroatoms. The predicted molar refractivity (Wildman–Crippen MR) is 113 cm³/mol. The molecule has 1 aliphatic rings. The van der Waals surface area contributed by atoms with Crippen molar-refractivity contribution >= 4 is 5.96 Å². The molecule has 1 fully saturated rings. The van der Waals surface area contributed by atoms with Gasteiger partial charge in [-0.3, -0.25) is 4.99 Å². The maximum absolute atomic E-state index is 10.5. The molecule has 1 aliphatic heterocycles. The number of hydrogen-bond acceptors (Lipinski definition) is 5. The first-order valence-electron chi connectivity index (χ1n) is 10.2. The van der Waals surface area contributed by atoms with Crippen LogP contribution in [-0.4, -0.2) is 75.6 Å². The van der Waals surface area contributed by atoms with E-state index in [0.29, 0.717) is 12.6 Å². The van der Waals surface area contributed by atoms with Crippen molar-refractivity contribution < 1.29 is 14.6 Å². The molecule has 0 saturated carbocycles. The Morgan fingerprint density at radius 1 is 1.32 bits per heavy atom. The number of likely N-dealkylation sites (tertiary alicyclic amines) is 1. The minimum Gasteiger partial charge on any atom is -0.497 e. The number of guanidine groups is 1. The average Bonchev–Trinajstić information content (AvgIpc) is 2.73. The van der Waals surface area contributed by atoms with E-state index in [1.54, 1.807) is 14.2 Å². The van der Waals surface area contributed by atoms with E-state index in [4.69, 9.17) is 9.47 Å². The Bertz CT molecular complexity index is 589. The minimum absolute atomic E-state index is 0.304. The molecule has 0 amide bonds. The zero-order chi connectivity index (χ0) is 20.2. The van der Waals surface area contributed by atoms with Gasteiger partial charge in [0.05, 0.1) is 19.8 Å². The van der Waals surface area contributed by atoms with Crippen molar-refractivity contribution in [3.05, 3.63) is 29.8 Å². The van der Waals surface area contributed by atoms with E-state index in [1.165, 1.54) is 0 Å². The number of methoxy groups -OCH3 is 2. The number of ether oxygens (including phenoxy) is 2. The normalized spacial score (nSPS) is 17.4. The first-order valence-corrected chi connectivity index (χ1v) is 10.2. The maximum atomic E-state index is 10.5. The summed E-state index contributed by atoms with van der Waals surface area (Å²) < 4.78 is 10.4. The van der Waals surface area contributed by atoms with Crippen molar-refractivity contribution in [1.82, 2.24) is 15.5 Å². The van der Waals surface area contributed by atoms with E-state index in [1.807, 2.05) is 31.2 Å². The molecule has 28 heavy (non-hydrogen) atoms. The average molecular weight is 393 g/mol. The highest BCUT2D eigenvalue weighted by Crippen LogP contribution is 2.19. The van der Waals surface area contributed by atoms with Crippen LogP contribution in [0.1, 0.15) is 37.9 Å². The number of aliphatic hydroxyl groups excluding tert-OH is 1. The molecule has 0 aliphatic carbocycles. The Morgan fingerprint density at radius 3 is 2.79 bits per heavy atom. The molecule has 158 valence electrons. The van der Waals surface area contributed by atoms with Crippen LogP contribution in [0, 0.1) is 0 Å². The van der Waals surface area contributed by atoms with Crippen molar-refractivity contribution in [1.29, 1.82) is 0 Å². The minimum atomic E-state index is -0.659.